The Labute approximate surface area is 198 Å². The van der Waals surface area contributed by atoms with Crippen LogP contribution in [-0.2, 0) is 12.3 Å². The first-order chi connectivity index (χ1) is 14.3. The van der Waals surface area contributed by atoms with Gasteiger partial charge in [0.05, 0.1) is 24.6 Å². The van der Waals surface area contributed by atoms with Crippen LogP contribution in [0.1, 0.15) is 89.2 Å². The molecule has 0 atom stereocenters. The molecule has 0 aromatic heterocycles. The zero-order chi connectivity index (χ0) is 20.6. The Hall–Kier alpha value is -0.650. The van der Waals surface area contributed by atoms with E-state index in [9.17, 15) is 0 Å². The predicted octanol–water partition coefficient (Wildman–Crippen LogP) is 6.35. The fourth-order valence-electron chi connectivity index (χ4n) is 4.53. The number of hydrogen-bond donors (Lipinski definition) is 0. The van der Waals surface area contributed by atoms with Crippen molar-refractivity contribution in [1.29, 1.82) is 0 Å². The highest BCUT2D eigenvalue weighted by molar-refractivity contribution is 7.74. The van der Waals surface area contributed by atoms with Crippen molar-refractivity contribution in [2.75, 3.05) is 12.3 Å². The smallest absolute Gasteiger partial charge is 0.0846 e. The molecule has 0 aliphatic carbocycles. The summed E-state index contributed by atoms with van der Waals surface area (Å²) >= 11 is 0. The SMILES string of the molecule is CCCCCCC[P+](CCCCCCC)(Cc1ccccc1)Cc1ccccc1.[Br-]. The average molecular weight is 492 g/mol. The van der Waals surface area contributed by atoms with E-state index in [1.807, 2.05) is 0 Å². The molecule has 0 aliphatic heterocycles. The Morgan fingerprint density at radius 3 is 1.23 bits per heavy atom. The molecule has 0 saturated carbocycles. The molecule has 0 nitrogen and oxygen atoms in total. The molecular weight excluding hydrogens is 447 g/mol. The van der Waals surface area contributed by atoms with Gasteiger partial charge in [0.2, 0.25) is 0 Å². The first-order valence-electron chi connectivity index (χ1n) is 12.2. The fraction of sp³-hybridized carbons (Fsp3) is 0.571. The Kier molecular flexibility index (Phi) is 15.5. The van der Waals surface area contributed by atoms with Crippen molar-refractivity contribution >= 4 is 7.26 Å². The summed E-state index contributed by atoms with van der Waals surface area (Å²) in [6.45, 7) is 4.64. The molecule has 0 spiro atoms. The second-order valence-electron chi connectivity index (χ2n) is 8.90. The Bertz CT molecular complexity index is 568. The van der Waals surface area contributed by atoms with Crippen LogP contribution in [0.25, 0.3) is 0 Å². The summed E-state index contributed by atoms with van der Waals surface area (Å²) in [7, 11) is -1.04. The Morgan fingerprint density at radius 1 is 0.500 bits per heavy atom. The molecule has 0 saturated heterocycles. The molecule has 0 N–H and O–H groups in total. The molecule has 0 unspecified atom stereocenters. The molecule has 30 heavy (non-hydrogen) atoms. The highest BCUT2D eigenvalue weighted by Crippen LogP contribution is 2.65. The van der Waals surface area contributed by atoms with Crippen LogP contribution in [0.15, 0.2) is 60.7 Å². The van der Waals surface area contributed by atoms with Gasteiger partial charge >= 0.3 is 0 Å². The number of rotatable bonds is 16. The number of benzene rings is 2. The zero-order valence-corrected chi connectivity index (χ0v) is 22.0. The van der Waals surface area contributed by atoms with E-state index in [4.69, 9.17) is 0 Å². The summed E-state index contributed by atoms with van der Waals surface area (Å²) in [5.74, 6) is 0. The van der Waals surface area contributed by atoms with Crippen LogP contribution in [0.5, 0.6) is 0 Å². The van der Waals surface area contributed by atoms with Crippen LogP contribution in [0.3, 0.4) is 0 Å². The lowest BCUT2D eigenvalue weighted by atomic mass is 10.2. The van der Waals surface area contributed by atoms with Gasteiger partial charge in [-0.2, -0.15) is 0 Å². The second-order valence-corrected chi connectivity index (χ2v) is 13.1. The van der Waals surface area contributed by atoms with Gasteiger partial charge in [-0.3, -0.25) is 0 Å². The molecule has 168 valence electrons. The summed E-state index contributed by atoms with van der Waals surface area (Å²) in [5.41, 5.74) is 3.14. The maximum atomic E-state index is 2.37. The van der Waals surface area contributed by atoms with Gasteiger partial charge in [0, 0.05) is 7.26 Å². The van der Waals surface area contributed by atoms with Crippen molar-refractivity contribution in [3.05, 3.63) is 71.8 Å². The first kappa shape index (κ1) is 27.4. The third-order valence-electron chi connectivity index (χ3n) is 6.19. The van der Waals surface area contributed by atoms with Crippen LogP contribution >= 0.6 is 7.26 Å². The minimum Gasteiger partial charge on any atom is -1.00 e. The monoisotopic (exact) mass is 490 g/mol. The highest BCUT2D eigenvalue weighted by atomic mass is 79.9. The van der Waals surface area contributed by atoms with Crippen molar-refractivity contribution in [3.8, 4) is 0 Å². The maximum absolute atomic E-state index is 2.37. The first-order valence-corrected chi connectivity index (χ1v) is 14.7. The molecule has 0 aliphatic rings. The van der Waals surface area contributed by atoms with Gasteiger partial charge in [-0.1, -0.05) is 113 Å². The third-order valence-corrected chi connectivity index (χ3v) is 10.8. The second kappa shape index (κ2) is 17.0. The topological polar surface area (TPSA) is 0 Å². The lowest BCUT2D eigenvalue weighted by Gasteiger charge is -2.28. The lowest BCUT2D eigenvalue weighted by Crippen LogP contribution is -3.00. The van der Waals surface area contributed by atoms with E-state index in [1.54, 1.807) is 11.1 Å². The van der Waals surface area contributed by atoms with Crippen LogP contribution in [-0.4, -0.2) is 12.3 Å². The summed E-state index contributed by atoms with van der Waals surface area (Å²) in [6, 6.07) is 22.7. The van der Waals surface area contributed by atoms with Gasteiger partial charge < -0.3 is 17.0 Å². The van der Waals surface area contributed by atoms with Gasteiger partial charge in [-0.05, 0) is 36.8 Å². The Morgan fingerprint density at radius 2 is 0.867 bits per heavy atom. The minimum atomic E-state index is -1.04. The summed E-state index contributed by atoms with van der Waals surface area (Å²) in [5, 5.41) is 0. The van der Waals surface area contributed by atoms with E-state index >= 15 is 0 Å². The van der Waals surface area contributed by atoms with Gasteiger partial charge in [-0.15, -0.1) is 0 Å². The lowest BCUT2D eigenvalue weighted by molar-refractivity contribution is -0.00000634. The van der Waals surface area contributed by atoms with Gasteiger partial charge in [-0.25, -0.2) is 0 Å². The van der Waals surface area contributed by atoms with Crippen LogP contribution in [0.2, 0.25) is 0 Å². The van der Waals surface area contributed by atoms with Crippen molar-refractivity contribution in [3.63, 3.8) is 0 Å². The van der Waals surface area contributed by atoms with Crippen LogP contribution < -0.4 is 17.0 Å². The fourth-order valence-corrected chi connectivity index (χ4v) is 9.25. The van der Waals surface area contributed by atoms with Gasteiger partial charge in [0.1, 0.15) is 0 Å². The van der Waals surface area contributed by atoms with Crippen LogP contribution in [0.4, 0.5) is 0 Å². The molecule has 2 aromatic carbocycles. The number of hydrogen-bond acceptors (Lipinski definition) is 0. The van der Waals surface area contributed by atoms with E-state index in [0.29, 0.717) is 0 Å². The van der Waals surface area contributed by atoms with E-state index in [2.05, 4.69) is 74.5 Å². The summed E-state index contributed by atoms with van der Waals surface area (Å²) in [4.78, 5) is 0. The molecule has 2 rings (SSSR count). The van der Waals surface area contributed by atoms with Crippen molar-refractivity contribution in [2.45, 2.75) is 90.4 Å². The van der Waals surface area contributed by atoms with Gasteiger partial charge in [0.25, 0.3) is 0 Å². The largest absolute Gasteiger partial charge is 1.00 e. The quantitative estimate of drug-likeness (QED) is 0.190. The highest BCUT2D eigenvalue weighted by Gasteiger charge is 2.36. The van der Waals surface area contributed by atoms with Crippen molar-refractivity contribution in [2.24, 2.45) is 0 Å². The third kappa shape index (κ3) is 11.1. The normalized spacial score (nSPS) is 11.3. The molecule has 0 amide bonds. The summed E-state index contributed by atoms with van der Waals surface area (Å²) < 4.78 is 0. The standard InChI is InChI=1S/C28H44P.BrH/c1-3-5-7-9-17-23-29(24-18-10-8-6-4-2,25-27-19-13-11-14-20-27)26-28-21-15-12-16-22-28;/h11-16,19-22H,3-10,17-18,23-26H2,1-2H3;1H/q+1;/p-1. The van der Waals surface area contributed by atoms with Crippen LogP contribution in [0, 0.1) is 0 Å². The zero-order valence-electron chi connectivity index (χ0n) is 19.5. The molecule has 2 aromatic rings. The van der Waals surface area contributed by atoms with E-state index in [0.717, 1.165) is 0 Å². The van der Waals surface area contributed by atoms with E-state index in [1.165, 1.54) is 88.9 Å². The molecule has 0 radical (unpaired) electrons. The molecule has 0 bridgehead atoms. The van der Waals surface area contributed by atoms with E-state index in [-0.39, 0.29) is 17.0 Å². The molecular formula is C28H44BrP. The van der Waals surface area contributed by atoms with E-state index < -0.39 is 7.26 Å². The Balaban J connectivity index is 0.00000450. The molecule has 2 heteroatoms. The van der Waals surface area contributed by atoms with Crippen molar-refractivity contribution in [1.82, 2.24) is 0 Å². The number of halogens is 1. The number of unbranched alkanes of at least 4 members (excludes halogenated alkanes) is 8. The predicted molar refractivity (Wildman–Crippen MR) is 134 cm³/mol. The average Bonchev–Trinajstić information content (AvgIpc) is 2.75. The summed E-state index contributed by atoms with van der Waals surface area (Å²) in [6.07, 6.45) is 19.7. The van der Waals surface area contributed by atoms with Crippen molar-refractivity contribution < 1.29 is 17.0 Å². The molecule has 0 heterocycles. The minimum absolute atomic E-state index is 0. The maximum Gasteiger partial charge on any atom is 0.0846 e. The van der Waals surface area contributed by atoms with Gasteiger partial charge in [0.15, 0.2) is 0 Å². The molecule has 0 fully saturated rings.